The molecule has 3 aromatic rings. The molecular weight excluding hydrogens is 373 g/mol. The maximum Gasteiger partial charge on any atom is 0.416 e. The van der Waals surface area contributed by atoms with Crippen LogP contribution in [0.2, 0.25) is 0 Å². The second-order valence-corrected chi connectivity index (χ2v) is 6.78. The predicted molar refractivity (Wildman–Crippen MR) is 96.2 cm³/mol. The van der Waals surface area contributed by atoms with Crippen LogP contribution in [-0.2, 0) is 30.4 Å². The zero-order valence-electron chi connectivity index (χ0n) is 14.8. The smallest absolute Gasteiger partial charge is 0.325 e. The molecule has 28 heavy (non-hydrogen) atoms. The lowest BCUT2D eigenvalue weighted by Gasteiger charge is -2.11. The fourth-order valence-corrected chi connectivity index (χ4v) is 3.48. The molecule has 1 amide bonds. The molecule has 0 atom stereocenters. The standard InChI is InChI=1S/C19H17F3N4O2/c20-19(21,22)12-5-7-13(8-6-12)23-16(27)11-25-9-10-26-17(18(25)28)14-3-1-2-4-15(14)24-26/h5-10H,1-4,11H2,(H,23,27). The first-order valence-electron chi connectivity index (χ1n) is 8.89. The second kappa shape index (κ2) is 6.81. The maximum absolute atomic E-state index is 12.8. The summed E-state index contributed by atoms with van der Waals surface area (Å²) in [7, 11) is 0. The van der Waals surface area contributed by atoms with Crippen molar-refractivity contribution in [3.05, 3.63) is 63.8 Å². The minimum Gasteiger partial charge on any atom is -0.325 e. The van der Waals surface area contributed by atoms with E-state index in [0.717, 1.165) is 49.1 Å². The van der Waals surface area contributed by atoms with Crippen molar-refractivity contribution in [3.8, 4) is 0 Å². The van der Waals surface area contributed by atoms with E-state index in [1.165, 1.54) is 22.9 Å². The molecule has 6 nitrogen and oxygen atoms in total. The van der Waals surface area contributed by atoms with E-state index in [9.17, 15) is 22.8 Å². The Balaban J connectivity index is 1.54. The Morgan fingerprint density at radius 3 is 2.54 bits per heavy atom. The van der Waals surface area contributed by atoms with E-state index in [2.05, 4.69) is 10.4 Å². The van der Waals surface area contributed by atoms with E-state index < -0.39 is 17.6 Å². The van der Waals surface area contributed by atoms with Crippen LogP contribution in [0.3, 0.4) is 0 Å². The molecule has 2 heterocycles. The number of aromatic nitrogens is 3. The van der Waals surface area contributed by atoms with Crippen molar-refractivity contribution in [2.24, 2.45) is 0 Å². The topological polar surface area (TPSA) is 68.4 Å². The number of carbonyl (C=O) groups is 1. The van der Waals surface area contributed by atoms with Gasteiger partial charge in [0.2, 0.25) is 5.91 Å². The third kappa shape index (κ3) is 3.39. The quantitative estimate of drug-likeness (QED) is 0.748. The van der Waals surface area contributed by atoms with Crippen molar-refractivity contribution in [2.75, 3.05) is 5.32 Å². The number of fused-ring (bicyclic) bond motifs is 3. The van der Waals surface area contributed by atoms with Gasteiger partial charge in [0.15, 0.2) is 0 Å². The summed E-state index contributed by atoms with van der Waals surface area (Å²) in [5.74, 6) is -0.500. The number of aryl methyl sites for hydroxylation is 2. The van der Waals surface area contributed by atoms with Gasteiger partial charge in [0.25, 0.3) is 5.56 Å². The Hall–Kier alpha value is -3.10. The highest BCUT2D eigenvalue weighted by Gasteiger charge is 2.30. The first kappa shape index (κ1) is 18.3. The summed E-state index contributed by atoms with van der Waals surface area (Å²) >= 11 is 0. The molecule has 0 aliphatic heterocycles. The highest BCUT2D eigenvalue weighted by atomic mass is 19.4. The molecule has 1 aliphatic rings. The van der Waals surface area contributed by atoms with Gasteiger partial charge in [-0.3, -0.25) is 9.59 Å². The number of anilines is 1. The van der Waals surface area contributed by atoms with Crippen molar-refractivity contribution < 1.29 is 18.0 Å². The molecule has 0 unspecified atom stereocenters. The predicted octanol–water partition coefficient (Wildman–Crippen LogP) is 3.03. The van der Waals surface area contributed by atoms with Crippen molar-refractivity contribution in [1.29, 1.82) is 0 Å². The molecule has 0 saturated carbocycles. The molecule has 0 bridgehead atoms. The van der Waals surface area contributed by atoms with Crippen LogP contribution in [0, 0.1) is 0 Å². The summed E-state index contributed by atoms with van der Waals surface area (Å²) in [4.78, 5) is 25.1. The van der Waals surface area contributed by atoms with Gasteiger partial charge in [-0.25, -0.2) is 4.52 Å². The number of nitrogens with one attached hydrogen (secondary N) is 1. The van der Waals surface area contributed by atoms with Crippen LogP contribution < -0.4 is 10.9 Å². The van der Waals surface area contributed by atoms with E-state index in [1.807, 2.05) is 0 Å². The lowest BCUT2D eigenvalue weighted by Crippen LogP contribution is -2.28. The molecule has 1 aliphatic carbocycles. The fraction of sp³-hybridized carbons (Fsp3) is 0.316. The lowest BCUT2D eigenvalue weighted by atomic mass is 9.97. The molecule has 1 aromatic carbocycles. The van der Waals surface area contributed by atoms with Crippen LogP contribution in [-0.4, -0.2) is 20.1 Å². The molecular formula is C19H17F3N4O2. The van der Waals surface area contributed by atoms with Crippen LogP contribution in [0.1, 0.15) is 29.7 Å². The molecule has 0 radical (unpaired) electrons. The number of carbonyl (C=O) groups excluding carboxylic acids is 1. The summed E-state index contributed by atoms with van der Waals surface area (Å²) in [6, 6.07) is 4.15. The third-order valence-electron chi connectivity index (χ3n) is 4.84. The Bertz CT molecular complexity index is 1100. The number of amides is 1. The number of hydrogen-bond acceptors (Lipinski definition) is 3. The Morgan fingerprint density at radius 1 is 1.11 bits per heavy atom. The Labute approximate surface area is 157 Å². The van der Waals surface area contributed by atoms with Gasteiger partial charge in [-0.05, 0) is 49.9 Å². The van der Waals surface area contributed by atoms with Gasteiger partial charge >= 0.3 is 6.18 Å². The summed E-state index contributed by atoms with van der Waals surface area (Å²) in [6.07, 6.45) is 2.36. The number of hydrogen-bond donors (Lipinski definition) is 1. The van der Waals surface area contributed by atoms with E-state index in [4.69, 9.17) is 0 Å². The first-order chi connectivity index (χ1) is 13.3. The van der Waals surface area contributed by atoms with E-state index >= 15 is 0 Å². The van der Waals surface area contributed by atoms with Crippen LogP contribution in [0.15, 0.2) is 41.5 Å². The molecule has 1 N–H and O–H groups in total. The molecule has 2 aromatic heterocycles. The van der Waals surface area contributed by atoms with Crippen LogP contribution >= 0.6 is 0 Å². The largest absolute Gasteiger partial charge is 0.416 e. The number of nitrogens with zero attached hydrogens (tertiary/aromatic N) is 3. The van der Waals surface area contributed by atoms with Gasteiger partial charge in [-0.1, -0.05) is 0 Å². The second-order valence-electron chi connectivity index (χ2n) is 6.78. The van der Waals surface area contributed by atoms with Gasteiger partial charge in [0, 0.05) is 23.6 Å². The normalized spacial score (nSPS) is 14.1. The van der Waals surface area contributed by atoms with Gasteiger partial charge in [-0.2, -0.15) is 18.3 Å². The molecule has 0 saturated heterocycles. The first-order valence-corrected chi connectivity index (χ1v) is 8.89. The highest BCUT2D eigenvalue weighted by Crippen LogP contribution is 2.29. The average molecular weight is 390 g/mol. The summed E-state index contributed by atoms with van der Waals surface area (Å²) in [6.45, 7) is -0.240. The third-order valence-corrected chi connectivity index (χ3v) is 4.84. The molecule has 0 spiro atoms. The van der Waals surface area contributed by atoms with Gasteiger partial charge < -0.3 is 9.88 Å². The summed E-state index contributed by atoms with van der Waals surface area (Å²) in [5.41, 5.74) is 1.48. The van der Waals surface area contributed by atoms with E-state index in [-0.39, 0.29) is 17.8 Å². The monoisotopic (exact) mass is 390 g/mol. The van der Waals surface area contributed by atoms with Gasteiger partial charge in [0.1, 0.15) is 12.1 Å². The van der Waals surface area contributed by atoms with Gasteiger partial charge in [0.05, 0.1) is 11.3 Å². The lowest BCUT2D eigenvalue weighted by molar-refractivity contribution is -0.137. The van der Waals surface area contributed by atoms with E-state index in [1.54, 1.807) is 10.7 Å². The molecule has 4 rings (SSSR count). The summed E-state index contributed by atoms with van der Waals surface area (Å²) < 4.78 is 40.6. The maximum atomic E-state index is 12.8. The van der Waals surface area contributed by atoms with Crippen LogP contribution in [0.5, 0.6) is 0 Å². The number of halogens is 3. The molecule has 9 heteroatoms. The number of alkyl halides is 3. The molecule has 0 fully saturated rings. The fourth-order valence-electron chi connectivity index (χ4n) is 3.48. The minimum absolute atomic E-state index is 0.230. The van der Waals surface area contributed by atoms with Crippen molar-refractivity contribution >= 4 is 17.1 Å². The Kier molecular flexibility index (Phi) is 4.44. The zero-order valence-corrected chi connectivity index (χ0v) is 14.8. The SMILES string of the molecule is O=C(Cn1ccn2nc3c(c2c1=O)CCCC3)Nc1ccc(C(F)(F)F)cc1. The highest BCUT2D eigenvalue weighted by molar-refractivity contribution is 5.90. The van der Waals surface area contributed by atoms with Gasteiger partial charge in [-0.15, -0.1) is 0 Å². The average Bonchev–Trinajstić information content (AvgIpc) is 3.03. The van der Waals surface area contributed by atoms with E-state index in [0.29, 0.717) is 5.52 Å². The van der Waals surface area contributed by atoms with Crippen molar-refractivity contribution in [3.63, 3.8) is 0 Å². The summed E-state index contributed by atoms with van der Waals surface area (Å²) in [5, 5.41) is 6.95. The van der Waals surface area contributed by atoms with Crippen LogP contribution in [0.25, 0.3) is 5.52 Å². The molecule has 146 valence electrons. The zero-order chi connectivity index (χ0) is 19.9. The minimum atomic E-state index is -4.43. The number of benzene rings is 1. The van der Waals surface area contributed by atoms with Crippen LogP contribution in [0.4, 0.5) is 18.9 Å². The number of rotatable bonds is 3. The van der Waals surface area contributed by atoms with Crippen molar-refractivity contribution in [1.82, 2.24) is 14.2 Å². The Morgan fingerprint density at radius 2 is 1.82 bits per heavy atom. The van der Waals surface area contributed by atoms with Crippen molar-refractivity contribution in [2.45, 2.75) is 38.4 Å².